The average molecular weight is 206 g/mol. The maximum absolute atomic E-state index is 9.33. The van der Waals surface area contributed by atoms with Crippen molar-refractivity contribution in [3.8, 4) is 0 Å². The second-order valence-electron chi connectivity index (χ2n) is 1.07. The topological polar surface area (TPSA) is 85.2 Å². The Bertz CT molecular complexity index is 93.8. The maximum Gasteiger partial charge on any atom is 0.329 e. The molecule has 0 saturated carbocycles. The summed E-state index contributed by atoms with van der Waals surface area (Å²) in [6.07, 6.45) is 0. The van der Waals surface area contributed by atoms with Crippen molar-refractivity contribution in [3.63, 3.8) is 0 Å². The zero-order valence-electron chi connectivity index (χ0n) is 6.47. The molecule has 0 rings (SSSR count). The summed E-state index contributed by atoms with van der Waals surface area (Å²) in [6, 6.07) is 0. The summed E-state index contributed by atoms with van der Waals surface area (Å²) in [4.78, 5) is 16.0. The van der Waals surface area contributed by atoms with Gasteiger partial charge in [-0.05, 0) is 0 Å². The molecule has 0 spiro atoms. The van der Waals surface area contributed by atoms with Crippen molar-refractivity contribution in [2.75, 3.05) is 21.3 Å². The molecule has 1 atom stereocenters. The second-order valence-corrected chi connectivity index (χ2v) is 3.22. The number of hydrogen-bond donors (Lipinski definition) is 2. The molecule has 0 aliphatic heterocycles. The van der Waals surface area contributed by atoms with Crippen molar-refractivity contribution >= 4 is 16.9 Å². The Morgan fingerprint density at radius 2 is 1.55 bits per heavy atom. The van der Waals surface area contributed by atoms with Gasteiger partial charge >= 0.3 is 16.9 Å². The normalized spacial score (nSPS) is 12.2. The molecule has 11 heavy (non-hydrogen) atoms. The van der Waals surface area contributed by atoms with E-state index in [1.54, 1.807) is 0 Å². The van der Waals surface area contributed by atoms with E-state index in [-0.39, 0.29) is 0 Å². The number of rotatable bonds is 3. The highest BCUT2D eigenvalue weighted by Crippen LogP contribution is 2.28. The van der Waals surface area contributed by atoms with Crippen LogP contribution in [0.3, 0.4) is 0 Å². The summed E-state index contributed by atoms with van der Waals surface area (Å²) >= 11 is 0. The van der Waals surface area contributed by atoms with E-state index >= 15 is 0 Å². The van der Waals surface area contributed by atoms with Crippen LogP contribution >= 0.6 is 16.9 Å². The van der Waals surface area contributed by atoms with Crippen LogP contribution in [0.2, 0.25) is 0 Å². The molecule has 70 valence electrons. The van der Waals surface area contributed by atoms with Gasteiger partial charge < -0.3 is 23.4 Å². The fraction of sp³-hybridized carbons (Fsp3) is 1.00. The van der Waals surface area contributed by atoms with Crippen LogP contribution < -0.4 is 0 Å². The van der Waals surface area contributed by atoms with Crippen molar-refractivity contribution in [1.82, 2.24) is 0 Å². The zero-order chi connectivity index (χ0) is 9.28. The lowest BCUT2D eigenvalue weighted by Crippen LogP contribution is -1.75. The average Bonchev–Trinajstić information content (AvgIpc) is 2.04. The highest BCUT2D eigenvalue weighted by atomic mass is 31.2. The van der Waals surface area contributed by atoms with Crippen LogP contribution in [-0.4, -0.2) is 31.1 Å². The molecule has 0 heterocycles. The second kappa shape index (κ2) is 10.5. The predicted molar refractivity (Wildman–Crippen MR) is 41.4 cm³/mol. The fourth-order valence-corrected chi connectivity index (χ4v) is 0.224. The first-order valence-electron chi connectivity index (χ1n) is 2.42. The van der Waals surface area contributed by atoms with Gasteiger partial charge in [-0.1, -0.05) is 0 Å². The molecule has 0 amide bonds. The van der Waals surface area contributed by atoms with E-state index in [0.29, 0.717) is 0 Å². The quantitative estimate of drug-likeness (QED) is 0.654. The van der Waals surface area contributed by atoms with Gasteiger partial charge in [0.1, 0.15) is 0 Å². The van der Waals surface area contributed by atoms with Crippen molar-refractivity contribution in [2.24, 2.45) is 0 Å². The molecule has 0 radical (unpaired) electrons. The van der Waals surface area contributed by atoms with Gasteiger partial charge in [-0.2, -0.15) is 0 Å². The Hall–Kier alpha value is 0.460. The standard InChI is InChI=1S/C2H7O3P.CH5O3P/c1-4-6(3)5-2;1-4-5(2)3/h3H,1-2H3;5H,1H3,(H,2,3). The third-order valence-corrected chi connectivity index (χ3v) is 1.46. The lowest BCUT2D eigenvalue weighted by Gasteiger charge is -1.98. The van der Waals surface area contributed by atoms with Gasteiger partial charge in [-0.3, -0.25) is 4.57 Å². The van der Waals surface area contributed by atoms with Crippen LogP contribution in [0.15, 0.2) is 0 Å². The van der Waals surface area contributed by atoms with E-state index in [9.17, 15) is 4.57 Å². The Morgan fingerprint density at radius 1 is 1.27 bits per heavy atom. The largest absolute Gasteiger partial charge is 0.329 e. The highest BCUT2D eigenvalue weighted by Gasteiger charge is 1.94. The molecule has 0 aromatic carbocycles. The SMILES string of the molecule is COP(O)OC.CO[PH](=O)O. The Balaban J connectivity index is 0. The fourth-order valence-electron chi connectivity index (χ4n) is 0.0745. The van der Waals surface area contributed by atoms with Gasteiger partial charge in [0, 0.05) is 21.3 Å². The van der Waals surface area contributed by atoms with Crippen LogP contribution in [0, 0.1) is 0 Å². The Kier molecular flexibility index (Phi) is 13.3. The van der Waals surface area contributed by atoms with Gasteiger partial charge in [0.15, 0.2) is 0 Å². The maximum atomic E-state index is 9.33. The third kappa shape index (κ3) is 17.9. The molecule has 0 saturated heterocycles. The van der Waals surface area contributed by atoms with Crippen LogP contribution in [0.1, 0.15) is 0 Å². The van der Waals surface area contributed by atoms with Crippen molar-refractivity contribution < 1.29 is 27.9 Å². The molecule has 2 N–H and O–H groups in total. The lowest BCUT2D eigenvalue weighted by atomic mass is 11.8. The smallest absolute Gasteiger partial charge is 0.328 e. The van der Waals surface area contributed by atoms with Crippen LogP contribution in [0.5, 0.6) is 0 Å². The Labute approximate surface area is 67.0 Å². The van der Waals surface area contributed by atoms with Crippen molar-refractivity contribution in [2.45, 2.75) is 0 Å². The molecule has 8 heteroatoms. The summed E-state index contributed by atoms with van der Waals surface area (Å²) in [7, 11) is -0.250. The van der Waals surface area contributed by atoms with Crippen molar-refractivity contribution in [3.05, 3.63) is 0 Å². The molecule has 0 aliphatic carbocycles. The van der Waals surface area contributed by atoms with Crippen molar-refractivity contribution in [1.29, 1.82) is 0 Å². The minimum absolute atomic E-state index is 1.18. The third-order valence-electron chi connectivity index (χ3n) is 0.487. The van der Waals surface area contributed by atoms with E-state index < -0.39 is 16.9 Å². The summed E-state index contributed by atoms with van der Waals surface area (Å²) in [5, 5.41) is 0. The van der Waals surface area contributed by atoms with E-state index in [1.807, 2.05) is 0 Å². The molecule has 0 aliphatic rings. The molecule has 0 aromatic rings. The lowest BCUT2D eigenvalue weighted by molar-refractivity contribution is 0.271. The minimum atomic E-state index is -2.62. The first kappa shape index (κ1) is 14.0. The Morgan fingerprint density at radius 3 is 1.55 bits per heavy atom. The first-order valence-corrected chi connectivity index (χ1v) is 4.82. The molecule has 1 unspecified atom stereocenters. The minimum Gasteiger partial charge on any atom is -0.328 e. The van der Waals surface area contributed by atoms with Gasteiger partial charge in [0.2, 0.25) is 0 Å². The molecule has 6 nitrogen and oxygen atoms in total. The predicted octanol–water partition coefficient (Wildman–Crippen LogP) is 0.513. The van der Waals surface area contributed by atoms with E-state index in [2.05, 4.69) is 13.6 Å². The zero-order valence-corrected chi connectivity index (χ0v) is 8.37. The van der Waals surface area contributed by atoms with Gasteiger partial charge in [-0.25, -0.2) is 0 Å². The molecular weight excluding hydrogens is 194 g/mol. The van der Waals surface area contributed by atoms with E-state index in [4.69, 9.17) is 9.79 Å². The van der Waals surface area contributed by atoms with Gasteiger partial charge in [-0.15, -0.1) is 0 Å². The van der Waals surface area contributed by atoms with Gasteiger partial charge in [0.05, 0.1) is 0 Å². The summed E-state index contributed by atoms with van der Waals surface area (Å²) in [5.41, 5.74) is 0. The molecular formula is C3H12O6P2. The molecule has 0 bridgehead atoms. The van der Waals surface area contributed by atoms with E-state index in [1.165, 1.54) is 21.3 Å². The van der Waals surface area contributed by atoms with Gasteiger partial charge in [0.25, 0.3) is 0 Å². The van der Waals surface area contributed by atoms with Crippen LogP contribution in [0.4, 0.5) is 0 Å². The monoisotopic (exact) mass is 206 g/mol. The van der Waals surface area contributed by atoms with Crippen LogP contribution in [0.25, 0.3) is 0 Å². The summed E-state index contributed by atoms with van der Waals surface area (Å²) in [6.45, 7) is 0. The number of hydrogen-bond acceptors (Lipinski definition) is 5. The highest BCUT2D eigenvalue weighted by molar-refractivity contribution is 7.40. The molecule has 0 aromatic heterocycles. The summed E-state index contributed by atoms with van der Waals surface area (Å²) in [5.74, 6) is 0. The first-order chi connectivity index (χ1) is 5.08. The molecule has 0 fully saturated rings. The van der Waals surface area contributed by atoms with E-state index in [0.717, 1.165) is 0 Å². The summed E-state index contributed by atoms with van der Waals surface area (Å²) < 4.78 is 21.8. The van der Waals surface area contributed by atoms with Crippen LogP contribution in [-0.2, 0) is 18.1 Å².